The summed E-state index contributed by atoms with van der Waals surface area (Å²) in [5.74, 6) is -1.18. The van der Waals surface area contributed by atoms with Gasteiger partial charge in [-0.1, -0.05) is 12.1 Å². The molecule has 0 radical (unpaired) electrons. The van der Waals surface area contributed by atoms with Gasteiger partial charge < -0.3 is 15.9 Å². The summed E-state index contributed by atoms with van der Waals surface area (Å²) in [7, 11) is 0. The maximum atomic E-state index is 10.7. The van der Waals surface area contributed by atoms with E-state index in [-0.39, 0.29) is 11.3 Å². The van der Waals surface area contributed by atoms with E-state index < -0.39 is 5.97 Å². The average Bonchev–Trinajstić information content (AvgIpc) is 2.17. The number of aromatic hydroxyl groups is 1. The van der Waals surface area contributed by atoms with Crippen molar-refractivity contribution < 1.29 is 15.0 Å². The fraction of sp³-hybridized carbons (Fsp3) is 0. The molecule has 0 atom stereocenters. The highest BCUT2D eigenvalue weighted by Gasteiger charge is 2.09. The maximum Gasteiger partial charge on any atom is 0.335 e. The van der Waals surface area contributed by atoms with Gasteiger partial charge in [-0.15, -0.1) is 0 Å². The van der Waals surface area contributed by atoms with Crippen LogP contribution in [0, 0.1) is 0 Å². The molecule has 4 heteroatoms. The summed E-state index contributed by atoms with van der Waals surface area (Å²) in [6.07, 6.45) is 0. The fourth-order valence-electron chi connectivity index (χ4n) is 1.56. The van der Waals surface area contributed by atoms with Gasteiger partial charge in [-0.3, -0.25) is 0 Å². The second-order valence-corrected chi connectivity index (χ2v) is 3.25. The third-order valence-electron chi connectivity index (χ3n) is 2.24. The Morgan fingerprint density at radius 1 is 1.27 bits per heavy atom. The van der Waals surface area contributed by atoms with E-state index in [0.29, 0.717) is 16.5 Å². The van der Waals surface area contributed by atoms with Gasteiger partial charge in [0.1, 0.15) is 5.75 Å². The first-order chi connectivity index (χ1) is 7.09. The lowest BCUT2D eigenvalue weighted by Crippen LogP contribution is -1.96. The summed E-state index contributed by atoms with van der Waals surface area (Å²) in [5.41, 5.74) is 6.15. The predicted octanol–water partition coefficient (Wildman–Crippen LogP) is 1.83. The topological polar surface area (TPSA) is 83.6 Å². The number of nitrogen functional groups attached to an aromatic ring is 1. The van der Waals surface area contributed by atoms with E-state index in [1.54, 1.807) is 18.2 Å². The van der Waals surface area contributed by atoms with Gasteiger partial charge in [-0.25, -0.2) is 4.79 Å². The number of fused-ring (bicyclic) bond motifs is 1. The van der Waals surface area contributed by atoms with Crippen LogP contribution < -0.4 is 5.73 Å². The molecule has 0 spiro atoms. The summed E-state index contributed by atoms with van der Waals surface area (Å²) in [6, 6.07) is 7.75. The van der Waals surface area contributed by atoms with Crippen molar-refractivity contribution >= 4 is 22.4 Å². The monoisotopic (exact) mass is 203 g/mol. The van der Waals surface area contributed by atoms with Crippen LogP contribution in [0.4, 0.5) is 5.69 Å². The Hall–Kier alpha value is -2.23. The lowest BCUT2D eigenvalue weighted by molar-refractivity contribution is 0.0696. The standard InChI is InChI=1S/C11H9NO3/c12-8-3-1-2-6-4-7(11(14)15)5-9(13)10(6)8/h1-5,13H,12H2,(H,14,15). The predicted molar refractivity (Wildman–Crippen MR) is 57.0 cm³/mol. The Balaban J connectivity index is 2.84. The Morgan fingerprint density at radius 3 is 2.67 bits per heavy atom. The van der Waals surface area contributed by atoms with Crippen LogP contribution in [0.25, 0.3) is 10.8 Å². The second kappa shape index (κ2) is 3.16. The van der Waals surface area contributed by atoms with Crippen LogP contribution >= 0.6 is 0 Å². The van der Waals surface area contributed by atoms with E-state index in [9.17, 15) is 9.90 Å². The smallest absolute Gasteiger partial charge is 0.335 e. The van der Waals surface area contributed by atoms with Crippen molar-refractivity contribution in [2.75, 3.05) is 5.73 Å². The number of anilines is 1. The summed E-state index contributed by atoms with van der Waals surface area (Å²) < 4.78 is 0. The molecule has 2 rings (SSSR count). The molecule has 0 saturated heterocycles. The van der Waals surface area contributed by atoms with E-state index in [1.165, 1.54) is 12.1 Å². The zero-order chi connectivity index (χ0) is 11.0. The minimum atomic E-state index is -1.07. The molecule has 4 N–H and O–H groups in total. The lowest BCUT2D eigenvalue weighted by Gasteiger charge is -2.05. The molecular formula is C11H9NO3. The third-order valence-corrected chi connectivity index (χ3v) is 2.24. The molecule has 0 fully saturated rings. The van der Waals surface area contributed by atoms with Gasteiger partial charge in [0.2, 0.25) is 0 Å². The molecule has 0 aliphatic heterocycles. The Morgan fingerprint density at radius 2 is 2.00 bits per heavy atom. The number of carboxylic acids is 1. The largest absolute Gasteiger partial charge is 0.507 e. The molecule has 15 heavy (non-hydrogen) atoms. The van der Waals surface area contributed by atoms with Crippen molar-refractivity contribution in [1.29, 1.82) is 0 Å². The summed E-state index contributed by atoms with van der Waals surface area (Å²) >= 11 is 0. The molecule has 0 aromatic heterocycles. The van der Waals surface area contributed by atoms with Crippen LogP contribution in [0.3, 0.4) is 0 Å². The van der Waals surface area contributed by atoms with Gasteiger partial charge in [0.25, 0.3) is 0 Å². The number of carboxylic acid groups (broad SMARTS) is 1. The quantitative estimate of drug-likeness (QED) is 0.617. The number of phenols is 1. The molecule has 76 valence electrons. The maximum absolute atomic E-state index is 10.7. The number of hydrogen-bond acceptors (Lipinski definition) is 3. The highest BCUT2D eigenvalue weighted by atomic mass is 16.4. The van der Waals surface area contributed by atoms with Crippen molar-refractivity contribution in [3.63, 3.8) is 0 Å². The number of benzene rings is 2. The SMILES string of the molecule is Nc1cccc2cc(C(=O)O)cc(O)c12. The first-order valence-electron chi connectivity index (χ1n) is 4.34. The van der Waals surface area contributed by atoms with Crippen LogP contribution in [-0.2, 0) is 0 Å². The Kier molecular flexibility index (Phi) is 1.97. The third kappa shape index (κ3) is 1.46. The fourth-order valence-corrected chi connectivity index (χ4v) is 1.56. The van der Waals surface area contributed by atoms with Crippen molar-refractivity contribution in [1.82, 2.24) is 0 Å². The normalized spacial score (nSPS) is 10.4. The number of aromatic carboxylic acids is 1. The molecule has 2 aromatic rings. The molecule has 0 amide bonds. The van der Waals surface area contributed by atoms with E-state index in [2.05, 4.69) is 0 Å². The summed E-state index contributed by atoms with van der Waals surface area (Å²) in [5, 5.41) is 19.5. The number of carbonyl (C=O) groups is 1. The molecular weight excluding hydrogens is 194 g/mol. The lowest BCUT2D eigenvalue weighted by atomic mass is 10.0. The van der Waals surface area contributed by atoms with Crippen molar-refractivity contribution in [3.05, 3.63) is 35.9 Å². The van der Waals surface area contributed by atoms with Crippen molar-refractivity contribution in [2.24, 2.45) is 0 Å². The second-order valence-electron chi connectivity index (χ2n) is 3.25. The molecule has 0 saturated carbocycles. The first-order valence-corrected chi connectivity index (χ1v) is 4.34. The van der Waals surface area contributed by atoms with Crippen molar-refractivity contribution in [2.45, 2.75) is 0 Å². The molecule has 2 aromatic carbocycles. The van der Waals surface area contributed by atoms with E-state index in [1.807, 2.05) is 0 Å². The van der Waals surface area contributed by atoms with Crippen LogP contribution in [0.15, 0.2) is 30.3 Å². The average molecular weight is 203 g/mol. The van der Waals surface area contributed by atoms with Crippen LogP contribution in [-0.4, -0.2) is 16.2 Å². The number of rotatable bonds is 1. The summed E-state index contributed by atoms with van der Waals surface area (Å²) in [4.78, 5) is 10.7. The molecule has 0 aliphatic rings. The van der Waals surface area contributed by atoms with E-state index in [0.717, 1.165) is 0 Å². The van der Waals surface area contributed by atoms with Gasteiger partial charge in [-0.05, 0) is 23.6 Å². The Bertz CT molecular complexity index is 549. The van der Waals surface area contributed by atoms with Gasteiger partial charge >= 0.3 is 5.97 Å². The van der Waals surface area contributed by atoms with Crippen molar-refractivity contribution in [3.8, 4) is 5.75 Å². The van der Waals surface area contributed by atoms with E-state index >= 15 is 0 Å². The van der Waals surface area contributed by atoms with Gasteiger partial charge in [0, 0.05) is 11.1 Å². The molecule has 0 aliphatic carbocycles. The van der Waals surface area contributed by atoms with E-state index in [4.69, 9.17) is 10.8 Å². The highest BCUT2D eigenvalue weighted by molar-refractivity contribution is 6.02. The number of nitrogens with two attached hydrogens (primary N) is 1. The molecule has 4 nitrogen and oxygen atoms in total. The summed E-state index contributed by atoms with van der Waals surface area (Å²) in [6.45, 7) is 0. The molecule has 0 bridgehead atoms. The molecule has 0 unspecified atom stereocenters. The minimum Gasteiger partial charge on any atom is -0.507 e. The number of hydrogen-bond donors (Lipinski definition) is 3. The van der Waals surface area contributed by atoms with Crippen LogP contribution in [0.5, 0.6) is 5.75 Å². The Labute approximate surface area is 85.6 Å². The first kappa shape index (κ1) is 9.33. The van der Waals surface area contributed by atoms with Gasteiger partial charge in [0.15, 0.2) is 0 Å². The minimum absolute atomic E-state index is 0.0469. The van der Waals surface area contributed by atoms with Gasteiger partial charge in [0.05, 0.1) is 5.56 Å². The number of phenolic OH excluding ortho intramolecular Hbond substituents is 1. The van der Waals surface area contributed by atoms with Crippen LogP contribution in [0.1, 0.15) is 10.4 Å². The molecule has 0 heterocycles. The zero-order valence-corrected chi connectivity index (χ0v) is 7.77. The van der Waals surface area contributed by atoms with Gasteiger partial charge in [-0.2, -0.15) is 0 Å². The highest BCUT2D eigenvalue weighted by Crippen LogP contribution is 2.31. The zero-order valence-electron chi connectivity index (χ0n) is 7.77. The van der Waals surface area contributed by atoms with Crippen LogP contribution in [0.2, 0.25) is 0 Å².